The molecule has 0 bridgehead atoms. The number of alkyl halides is 3. The molecule has 0 saturated heterocycles. The number of aliphatic hydroxyl groups is 1. The Labute approximate surface area is 209 Å². The molecule has 0 unspecified atom stereocenters. The van der Waals surface area contributed by atoms with E-state index in [4.69, 9.17) is 10.5 Å². The second-order valence-electron chi connectivity index (χ2n) is 9.62. The quantitative estimate of drug-likeness (QED) is 0.405. The van der Waals surface area contributed by atoms with Gasteiger partial charge in [0.05, 0.1) is 19.3 Å². The Bertz CT molecular complexity index is 1340. The Morgan fingerprint density at radius 2 is 1.95 bits per heavy atom. The van der Waals surface area contributed by atoms with E-state index >= 15 is 0 Å². The highest BCUT2D eigenvalue weighted by Crippen LogP contribution is 2.45. The van der Waals surface area contributed by atoms with Gasteiger partial charge in [-0.1, -0.05) is 32.0 Å². The Hall–Kier alpha value is -3.67. The lowest BCUT2D eigenvalue weighted by Gasteiger charge is -2.38. The minimum atomic E-state index is -5.09. The number of anilines is 1. The number of ether oxygens (including phenoxy) is 1. The van der Waals surface area contributed by atoms with Crippen LogP contribution in [0.1, 0.15) is 41.8 Å². The average molecular weight is 524 g/mol. The van der Waals surface area contributed by atoms with Crippen LogP contribution in [-0.4, -0.2) is 45.7 Å². The summed E-state index contributed by atoms with van der Waals surface area (Å²) in [6.45, 7) is 2.35. The molecule has 1 aliphatic heterocycles. The van der Waals surface area contributed by atoms with Crippen LogP contribution in [0.5, 0.6) is 5.75 Å². The standard InChI is InChI=1S/C25H25F5N4O3/c1-23(2,17-5-3-4-14-8-9-37-20(14)17)12-24(36,25(28,29)30)13-32-22(35)16-11-33-34(21(16)31)19-7-6-15(26)10-18(19)27/h3-7,10-11,36H,8-9,12-13,31H2,1-2H3,(H,32,35)/t24-/m1/s1. The molecule has 1 aliphatic rings. The number of nitrogen functional groups attached to an aromatic ring is 1. The zero-order chi connectivity index (χ0) is 27.2. The van der Waals surface area contributed by atoms with Crippen LogP contribution in [0.15, 0.2) is 42.6 Å². The number of hydrogen-bond donors (Lipinski definition) is 3. The summed E-state index contributed by atoms with van der Waals surface area (Å²) in [4.78, 5) is 12.7. The molecule has 0 radical (unpaired) electrons. The van der Waals surface area contributed by atoms with Crippen molar-refractivity contribution in [2.24, 2.45) is 0 Å². The molecule has 0 saturated carbocycles. The van der Waals surface area contributed by atoms with Crippen LogP contribution in [-0.2, 0) is 11.8 Å². The number of carbonyl (C=O) groups excluding carboxylic acids is 1. The maximum Gasteiger partial charge on any atom is 0.418 e. The van der Waals surface area contributed by atoms with Gasteiger partial charge in [0.25, 0.3) is 5.91 Å². The van der Waals surface area contributed by atoms with Crippen LogP contribution in [0.3, 0.4) is 0 Å². The van der Waals surface area contributed by atoms with Crippen molar-refractivity contribution in [2.75, 3.05) is 18.9 Å². The first-order chi connectivity index (χ1) is 17.2. The van der Waals surface area contributed by atoms with Gasteiger partial charge in [0.2, 0.25) is 0 Å². The van der Waals surface area contributed by atoms with Gasteiger partial charge < -0.3 is 20.9 Å². The van der Waals surface area contributed by atoms with Gasteiger partial charge in [-0.25, -0.2) is 13.5 Å². The number of hydrogen-bond acceptors (Lipinski definition) is 5. The molecule has 37 heavy (non-hydrogen) atoms. The molecule has 0 spiro atoms. The number of amides is 1. The summed E-state index contributed by atoms with van der Waals surface area (Å²) >= 11 is 0. The first kappa shape index (κ1) is 26.4. The number of fused-ring (bicyclic) bond motifs is 1. The minimum absolute atomic E-state index is 0.260. The second kappa shape index (κ2) is 9.33. The zero-order valence-electron chi connectivity index (χ0n) is 20.0. The van der Waals surface area contributed by atoms with Crippen LogP contribution < -0.4 is 15.8 Å². The monoisotopic (exact) mass is 524 g/mol. The van der Waals surface area contributed by atoms with Crippen molar-refractivity contribution in [3.05, 3.63) is 70.9 Å². The molecule has 0 aliphatic carbocycles. The number of nitrogens with two attached hydrogens (primary N) is 1. The van der Waals surface area contributed by atoms with Gasteiger partial charge in [-0.05, 0) is 29.5 Å². The molecular formula is C25H25F5N4O3. The summed E-state index contributed by atoms with van der Waals surface area (Å²) in [5.74, 6) is -2.78. The van der Waals surface area contributed by atoms with Gasteiger partial charge in [0.1, 0.15) is 28.6 Å². The number of rotatable bonds is 7. The van der Waals surface area contributed by atoms with E-state index in [1.165, 1.54) is 0 Å². The highest BCUT2D eigenvalue weighted by molar-refractivity contribution is 5.98. The van der Waals surface area contributed by atoms with Gasteiger partial charge in [-0.2, -0.15) is 18.3 Å². The third-order valence-corrected chi connectivity index (χ3v) is 6.44. The SMILES string of the molecule is CC(C)(C[C@@](O)(CNC(=O)c1cnn(-c2ccc(F)cc2F)c1N)C(F)(F)F)c1cccc2c1OCC2. The lowest BCUT2D eigenvalue weighted by molar-refractivity contribution is -0.263. The summed E-state index contributed by atoms with van der Waals surface area (Å²) in [5, 5.41) is 16.7. The van der Waals surface area contributed by atoms with E-state index in [1.807, 2.05) is 6.07 Å². The summed E-state index contributed by atoms with van der Waals surface area (Å²) in [7, 11) is 0. The average Bonchev–Trinajstić information content (AvgIpc) is 3.43. The molecular weight excluding hydrogens is 499 g/mol. The van der Waals surface area contributed by atoms with E-state index in [-0.39, 0.29) is 17.1 Å². The molecule has 2 aromatic carbocycles. The highest BCUT2D eigenvalue weighted by Gasteiger charge is 2.56. The first-order valence-corrected chi connectivity index (χ1v) is 11.3. The van der Waals surface area contributed by atoms with Crippen molar-refractivity contribution in [2.45, 2.75) is 43.9 Å². The first-order valence-electron chi connectivity index (χ1n) is 11.3. The minimum Gasteiger partial charge on any atom is -0.493 e. The summed E-state index contributed by atoms with van der Waals surface area (Å²) in [6.07, 6.45) is -4.30. The summed E-state index contributed by atoms with van der Waals surface area (Å²) in [6, 6.07) is 7.81. The van der Waals surface area contributed by atoms with Crippen LogP contribution in [0.4, 0.5) is 27.8 Å². The van der Waals surface area contributed by atoms with E-state index in [1.54, 1.807) is 26.0 Å². The molecule has 1 aromatic heterocycles. The highest BCUT2D eigenvalue weighted by atomic mass is 19.4. The normalized spacial score (nSPS) is 15.1. The van der Waals surface area contributed by atoms with Gasteiger partial charge in [0, 0.05) is 18.1 Å². The molecule has 2 heterocycles. The third kappa shape index (κ3) is 4.97. The third-order valence-electron chi connectivity index (χ3n) is 6.44. The van der Waals surface area contributed by atoms with E-state index in [2.05, 4.69) is 10.4 Å². The molecule has 0 fully saturated rings. The van der Waals surface area contributed by atoms with Crippen molar-refractivity contribution in [1.29, 1.82) is 0 Å². The molecule has 1 atom stereocenters. The number of benzene rings is 2. The second-order valence-corrected chi connectivity index (χ2v) is 9.62. The molecule has 4 rings (SSSR count). The van der Waals surface area contributed by atoms with E-state index < -0.39 is 47.7 Å². The Morgan fingerprint density at radius 3 is 2.62 bits per heavy atom. The topological polar surface area (TPSA) is 102 Å². The van der Waals surface area contributed by atoms with E-state index in [0.717, 1.165) is 28.6 Å². The molecule has 7 nitrogen and oxygen atoms in total. The number of para-hydroxylation sites is 1. The fraction of sp³-hybridized carbons (Fsp3) is 0.360. The van der Waals surface area contributed by atoms with Crippen molar-refractivity contribution < 1.29 is 36.6 Å². The van der Waals surface area contributed by atoms with Crippen molar-refractivity contribution >= 4 is 11.7 Å². The maximum atomic E-state index is 14.1. The zero-order valence-corrected chi connectivity index (χ0v) is 20.0. The van der Waals surface area contributed by atoms with Gasteiger partial charge >= 0.3 is 6.18 Å². The number of nitrogens with one attached hydrogen (secondary N) is 1. The molecule has 1 amide bonds. The molecule has 198 valence electrons. The smallest absolute Gasteiger partial charge is 0.418 e. The number of carbonyl (C=O) groups is 1. The van der Waals surface area contributed by atoms with Crippen molar-refractivity contribution in [3.8, 4) is 11.4 Å². The Morgan fingerprint density at radius 1 is 1.22 bits per heavy atom. The van der Waals surface area contributed by atoms with Gasteiger partial charge in [-0.3, -0.25) is 4.79 Å². The Balaban J connectivity index is 1.56. The maximum absolute atomic E-state index is 14.1. The number of halogens is 5. The summed E-state index contributed by atoms with van der Waals surface area (Å²) in [5.41, 5.74) is 2.17. The van der Waals surface area contributed by atoms with Gasteiger partial charge in [0.15, 0.2) is 11.4 Å². The predicted octanol–water partition coefficient (Wildman–Crippen LogP) is 4.06. The fourth-order valence-electron chi connectivity index (χ4n) is 4.54. The predicted molar refractivity (Wildman–Crippen MR) is 125 cm³/mol. The van der Waals surface area contributed by atoms with Crippen molar-refractivity contribution in [3.63, 3.8) is 0 Å². The van der Waals surface area contributed by atoms with E-state index in [9.17, 15) is 31.9 Å². The Kier molecular flexibility index (Phi) is 6.65. The van der Waals surface area contributed by atoms with Crippen LogP contribution in [0, 0.1) is 11.6 Å². The largest absolute Gasteiger partial charge is 0.493 e. The summed E-state index contributed by atoms with van der Waals surface area (Å²) < 4.78 is 76.1. The number of aromatic nitrogens is 2. The van der Waals surface area contributed by atoms with Crippen molar-refractivity contribution in [1.82, 2.24) is 15.1 Å². The fourth-order valence-corrected chi connectivity index (χ4v) is 4.54. The number of nitrogens with zero attached hydrogens (tertiary/aromatic N) is 2. The van der Waals surface area contributed by atoms with Gasteiger partial charge in [-0.15, -0.1) is 0 Å². The molecule has 12 heteroatoms. The van der Waals surface area contributed by atoms with Crippen LogP contribution in [0.25, 0.3) is 5.69 Å². The van der Waals surface area contributed by atoms with Crippen LogP contribution >= 0.6 is 0 Å². The van der Waals surface area contributed by atoms with E-state index in [0.29, 0.717) is 30.4 Å². The lowest BCUT2D eigenvalue weighted by atomic mass is 9.74. The lowest BCUT2D eigenvalue weighted by Crippen LogP contribution is -2.56. The molecule has 3 aromatic rings. The van der Waals surface area contributed by atoms with Crippen LogP contribution in [0.2, 0.25) is 0 Å². The molecule has 4 N–H and O–H groups in total.